The van der Waals surface area contributed by atoms with Gasteiger partial charge in [0.2, 0.25) is 5.91 Å². The SMILES string of the molecule is CCOC(=O)c1ccccc1NC(=O)CCCOc1ccc(C(C)(C)C)cc1Br. The van der Waals surface area contributed by atoms with Crippen LogP contribution >= 0.6 is 15.9 Å². The lowest BCUT2D eigenvalue weighted by molar-refractivity contribution is -0.116. The zero-order valence-corrected chi connectivity index (χ0v) is 19.0. The number of benzene rings is 2. The van der Waals surface area contributed by atoms with Crippen LogP contribution in [-0.4, -0.2) is 25.1 Å². The molecule has 1 amide bonds. The Bertz CT molecular complexity index is 858. The molecule has 0 atom stereocenters. The van der Waals surface area contributed by atoms with E-state index in [0.717, 1.165) is 10.2 Å². The van der Waals surface area contributed by atoms with Crippen molar-refractivity contribution in [3.8, 4) is 5.75 Å². The fourth-order valence-corrected chi connectivity index (χ4v) is 3.18. The van der Waals surface area contributed by atoms with Crippen LogP contribution < -0.4 is 10.1 Å². The van der Waals surface area contributed by atoms with Gasteiger partial charge in [0.25, 0.3) is 0 Å². The Morgan fingerprint density at radius 1 is 1.10 bits per heavy atom. The van der Waals surface area contributed by atoms with Crippen LogP contribution in [0.1, 0.15) is 56.5 Å². The normalized spacial score (nSPS) is 11.1. The minimum atomic E-state index is -0.449. The summed E-state index contributed by atoms with van der Waals surface area (Å²) in [6.45, 7) is 8.93. The highest BCUT2D eigenvalue weighted by Crippen LogP contribution is 2.31. The van der Waals surface area contributed by atoms with Crippen LogP contribution in [0.5, 0.6) is 5.75 Å². The highest BCUT2D eigenvalue weighted by molar-refractivity contribution is 9.10. The summed E-state index contributed by atoms with van der Waals surface area (Å²) in [6, 6.07) is 12.9. The molecule has 0 heterocycles. The number of amides is 1. The quantitative estimate of drug-likeness (QED) is 0.403. The minimum absolute atomic E-state index is 0.0684. The summed E-state index contributed by atoms with van der Waals surface area (Å²) < 4.78 is 11.7. The number of ether oxygens (including phenoxy) is 2. The van der Waals surface area contributed by atoms with E-state index in [1.54, 1.807) is 31.2 Å². The highest BCUT2D eigenvalue weighted by atomic mass is 79.9. The molecule has 0 saturated carbocycles. The molecule has 0 aliphatic heterocycles. The second kappa shape index (κ2) is 10.4. The molecule has 0 spiro atoms. The first-order valence-corrected chi connectivity index (χ1v) is 10.5. The van der Waals surface area contributed by atoms with Crippen LogP contribution in [0.15, 0.2) is 46.9 Å². The standard InChI is InChI=1S/C23H28BrNO4/c1-5-28-22(27)17-9-6-7-10-19(17)25-21(26)11-8-14-29-20-13-12-16(15-18(20)24)23(2,3)4/h6-7,9-10,12-13,15H,5,8,11,14H2,1-4H3,(H,25,26). The second-order valence-corrected chi connectivity index (χ2v) is 8.52. The Morgan fingerprint density at radius 2 is 1.83 bits per heavy atom. The monoisotopic (exact) mass is 461 g/mol. The number of para-hydroxylation sites is 1. The molecule has 0 radical (unpaired) electrons. The molecule has 156 valence electrons. The maximum atomic E-state index is 12.3. The summed E-state index contributed by atoms with van der Waals surface area (Å²) in [5, 5.41) is 2.78. The van der Waals surface area contributed by atoms with Crippen molar-refractivity contribution in [2.75, 3.05) is 18.5 Å². The Morgan fingerprint density at radius 3 is 2.48 bits per heavy atom. The summed E-state index contributed by atoms with van der Waals surface area (Å²) in [5.74, 6) is 0.133. The van der Waals surface area contributed by atoms with E-state index in [1.807, 2.05) is 6.07 Å². The number of hydrogen-bond donors (Lipinski definition) is 1. The van der Waals surface area contributed by atoms with E-state index in [1.165, 1.54) is 5.56 Å². The van der Waals surface area contributed by atoms with Crippen molar-refractivity contribution in [1.29, 1.82) is 0 Å². The van der Waals surface area contributed by atoms with Crippen molar-refractivity contribution in [2.45, 2.75) is 46.0 Å². The fraction of sp³-hybridized carbons (Fsp3) is 0.391. The van der Waals surface area contributed by atoms with Gasteiger partial charge in [0.05, 0.1) is 28.9 Å². The number of carbonyl (C=O) groups excluding carboxylic acids is 2. The van der Waals surface area contributed by atoms with Crippen LogP contribution in [0.4, 0.5) is 5.69 Å². The first-order valence-electron chi connectivity index (χ1n) is 9.71. The van der Waals surface area contributed by atoms with Crippen LogP contribution in [0.25, 0.3) is 0 Å². The lowest BCUT2D eigenvalue weighted by atomic mass is 9.87. The lowest BCUT2D eigenvalue weighted by Crippen LogP contribution is -2.16. The summed E-state index contributed by atoms with van der Waals surface area (Å²) in [7, 11) is 0. The molecule has 1 N–H and O–H groups in total. The van der Waals surface area contributed by atoms with E-state index < -0.39 is 5.97 Å². The third-order valence-corrected chi connectivity index (χ3v) is 4.92. The number of esters is 1. The molecule has 29 heavy (non-hydrogen) atoms. The molecule has 0 bridgehead atoms. The Kier molecular flexibility index (Phi) is 8.26. The predicted molar refractivity (Wildman–Crippen MR) is 119 cm³/mol. The summed E-state index contributed by atoms with van der Waals surface area (Å²) in [6.07, 6.45) is 0.843. The number of nitrogens with one attached hydrogen (secondary N) is 1. The van der Waals surface area contributed by atoms with E-state index in [-0.39, 0.29) is 24.3 Å². The highest BCUT2D eigenvalue weighted by Gasteiger charge is 2.16. The minimum Gasteiger partial charge on any atom is -0.492 e. The Hall–Kier alpha value is -2.34. The zero-order valence-electron chi connectivity index (χ0n) is 17.4. The molecule has 0 aliphatic carbocycles. The first-order chi connectivity index (χ1) is 13.7. The maximum Gasteiger partial charge on any atom is 0.340 e. The van der Waals surface area contributed by atoms with Crippen LogP contribution in [-0.2, 0) is 14.9 Å². The lowest BCUT2D eigenvalue weighted by Gasteiger charge is -2.20. The third kappa shape index (κ3) is 6.89. The molecule has 0 saturated heterocycles. The van der Waals surface area contributed by atoms with Crippen LogP contribution in [0.2, 0.25) is 0 Å². The molecule has 0 aliphatic rings. The van der Waals surface area contributed by atoms with Gasteiger partial charge in [-0.15, -0.1) is 0 Å². The van der Waals surface area contributed by atoms with Gasteiger partial charge in [-0.25, -0.2) is 4.79 Å². The molecular weight excluding hydrogens is 434 g/mol. The molecule has 5 nitrogen and oxygen atoms in total. The predicted octanol–water partition coefficient (Wildman–Crippen LogP) is 5.72. The Labute approximate surface area is 180 Å². The molecule has 6 heteroatoms. The van der Waals surface area contributed by atoms with E-state index in [4.69, 9.17) is 9.47 Å². The van der Waals surface area contributed by atoms with Gasteiger partial charge in [0.15, 0.2) is 0 Å². The average Bonchev–Trinajstić information content (AvgIpc) is 2.66. The number of anilines is 1. The third-order valence-electron chi connectivity index (χ3n) is 4.30. The van der Waals surface area contributed by atoms with Gasteiger partial charge >= 0.3 is 5.97 Å². The summed E-state index contributed by atoms with van der Waals surface area (Å²) in [4.78, 5) is 24.2. The van der Waals surface area contributed by atoms with Crippen molar-refractivity contribution in [2.24, 2.45) is 0 Å². The molecule has 2 aromatic rings. The van der Waals surface area contributed by atoms with E-state index in [2.05, 4.69) is 54.2 Å². The summed E-state index contributed by atoms with van der Waals surface area (Å²) in [5.41, 5.74) is 2.09. The smallest absolute Gasteiger partial charge is 0.340 e. The van der Waals surface area contributed by atoms with E-state index in [0.29, 0.717) is 24.3 Å². The molecule has 2 aromatic carbocycles. The summed E-state index contributed by atoms with van der Waals surface area (Å²) >= 11 is 3.55. The second-order valence-electron chi connectivity index (χ2n) is 7.66. The van der Waals surface area contributed by atoms with E-state index >= 15 is 0 Å². The van der Waals surface area contributed by atoms with Gasteiger partial charge in [-0.05, 0) is 64.5 Å². The van der Waals surface area contributed by atoms with Gasteiger partial charge in [-0.3, -0.25) is 4.79 Å². The fourth-order valence-electron chi connectivity index (χ4n) is 2.69. The van der Waals surface area contributed by atoms with Crippen molar-refractivity contribution in [3.05, 3.63) is 58.1 Å². The van der Waals surface area contributed by atoms with Crippen molar-refractivity contribution in [3.63, 3.8) is 0 Å². The maximum absolute atomic E-state index is 12.3. The van der Waals surface area contributed by atoms with Gasteiger partial charge in [0.1, 0.15) is 5.75 Å². The van der Waals surface area contributed by atoms with Gasteiger partial charge in [0, 0.05) is 6.42 Å². The van der Waals surface area contributed by atoms with E-state index in [9.17, 15) is 9.59 Å². The average molecular weight is 462 g/mol. The van der Waals surface area contributed by atoms with Gasteiger partial charge < -0.3 is 14.8 Å². The van der Waals surface area contributed by atoms with Crippen molar-refractivity contribution in [1.82, 2.24) is 0 Å². The van der Waals surface area contributed by atoms with Gasteiger partial charge in [-0.2, -0.15) is 0 Å². The van der Waals surface area contributed by atoms with Crippen LogP contribution in [0, 0.1) is 0 Å². The molecular formula is C23H28BrNO4. The van der Waals surface area contributed by atoms with Gasteiger partial charge in [-0.1, -0.05) is 39.0 Å². The molecule has 0 unspecified atom stereocenters. The topological polar surface area (TPSA) is 64.6 Å². The largest absolute Gasteiger partial charge is 0.492 e. The zero-order chi connectivity index (χ0) is 21.4. The van der Waals surface area contributed by atoms with Crippen molar-refractivity contribution < 1.29 is 19.1 Å². The number of rotatable bonds is 8. The van der Waals surface area contributed by atoms with Crippen molar-refractivity contribution >= 4 is 33.5 Å². The Balaban J connectivity index is 1.85. The molecule has 0 fully saturated rings. The number of hydrogen-bond acceptors (Lipinski definition) is 4. The number of carbonyl (C=O) groups is 2. The molecule has 2 rings (SSSR count). The number of halogens is 1. The first kappa shape index (κ1) is 22.9. The molecule has 0 aromatic heterocycles. The van der Waals surface area contributed by atoms with Crippen LogP contribution in [0.3, 0.4) is 0 Å².